The van der Waals surface area contributed by atoms with Gasteiger partial charge in [-0.05, 0) is 36.6 Å². The number of rotatable bonds is 5. The summed E-state index contributed by atoms with van der Waals surface area (Å²) in [6, 6.07) is 15.8. The fourth-order valence-electron chi connectivity index (χ4n) is 2.67. The van der Waals surface area contributed by atoms with Gasteiger partial charge in [-0.3, -0.25) is 0 Å². The van der Waals surface area contributed by atoms with Gasteiger partial charge in [-0.1, -0.05) is 42.5 Å². The zero-order valence-electron chi connectivity index (χ0n) is 14.5. The average Bonchev–Trinajstić information content (AvgIpc) is 3.03. The first-order valence-corrected chi connectivity index (χ1v) is 7.99. The van der Waals surface area contributed by atoms with Crippen molar-refractivity contribution in [1.29, 1.82) is 0 Å². The summed E-state index contributed by atoms with van der Waals surface area (Å²) < 4.78 is 0. The van der Waals surface area contributed by atoms with E-state index < -0.39 is 5.97 Å². The van der Waals surface area contributed by atoms with Crippen LogP contribution in [-0.2, 0) is 6.54 Å². The van der Waals surface area contributed by atoms with Crippen LogP contribution >= 0.6 is 0 Å². The maximum Gasteiger partial charge on any atom is 0.360 e. The highest BCUT2D eigenvalue weighted by Gasteiger charge is 2.22. The van der Waals surface area contributed by atoms with Gasteiger partial charge in [0.2, 0.25) is 5.69 Å². The number of aryl methyl sites for hydroxylation is 2. The summed E-state index contributed by atoms with van der Waals surface area (Å²) in [7, 11) is 1.82. The van der Waals surface area contributed by atoms with Crippen molar-refractivity contribution < 1.29 is 9.90 Å². The van der Waals surface area contributed by atoms with E-state index in [4.69, 9.17) is 0 Å². The monoisotopic (exact) mass is 336 g/mol. The van der Waals surface area contributed by atoms with E-state index in [0.717, 1.165) is 22.4 Å². The van der Waals surface area contributed by atoms with Crippen LogP contribution in [0.5, 0.6) is 0 Å². The maximum absolute atomic E-state index is 11.6. The molecule has 0 fully saturated rings. The number of aromatic nitrogens is 3. The van der Waals surface area contributed by atoms with Crippen LogP contribution in [0.3, 0.4) is 0 Å². The third kappa shape index (κ3) is 3.52. The van der Waals surface area contributed by atoms with Gasteiger partial charge in [0.05, 0.1) is 5.69 Å². The predicted molar refractivity (Wildman–Crippen MR) is 96.3 cm³/mol. The molecule has 0 saturated heterocycles. The van der Waals surface area contributed by atoms with Crippen molar-refractivity contribution >= 4 is 11.8 Å². The molecule has 128 valence electrons. The minimum atomic E-state index is -1.09. The summed E-state index contributed by atoms with van der Waals surface area (Å²) in [5, 5.41) is 18.2. The van der Waals surface area contributed by atoms with Crippen molar-refractivity contribution in [2.24, 2.45) is 0 Å². The molecule has 0 aliphatic carbocycles. The van der Waals surface area contributed by atoms with Crippen molar-refractivity contribution in [3.8, 4) is 5.69 Å². The second-order valence-electron chi connectivity index (χ2n) is 6.10. The number of benzene rings is 2. The Hall–Kier alpha value is -3.15. The fourth-order valence-corrected chi connectivity index (χ4v) is 2.67. The van der Waals surface area contributed by atoms with E-state index in [0.29, 0.717) is 12.4 Å². The van der Waals surface area contributed by atoms with Gasteiger partial charge in [0.15, 0.2) is 5.82 Å². The minimum Gasteiger partial charge on any atom is -0.476 e. The first-order valence-electron chi connectivity index (χ1n) is 7.99. The summed E-state index contributed by atoms with van der Waals surface area (Å²) >= 11 is 0. The Bertz CT molecular complexity index is 903. The zero-order valence-corrected chi connectivity index (χ0v) is 14.5. The largest absolute Gasteiger partial charge is 0.476 e. The second kappa shape index (κ2) is 6.76. The summed E-state index contributed by atoms with van der Waals surface area (Å²) in [5.41, 5.74) is 3.84. The van der Waals surface area contributed by atoms with Crippen molar-refractivity contribution in [2.75, 3.05) is 11.9 Å². The molecule has 0 aliphatic heterocycles. The molecule has 0 aliphatic rings. The Morgan fingerprint density at radius 3 is 2.52 bits per heavy atom. The third-order valence-corrected chi connectivity index (χ3v) is 4.00. The molecule has 6 nitrogen and oxygen atoms in total. The standard InChI is InChI=1S/C19H20N4O2/c1-13-9-10-14(2)16(11-13)23-20-17(19(24)25)18(21-23)22(3)12-15-7-5-4-6-8-15/h4-11H,12H2,1-3H3,(H,24,25). The third-order valence-electron chi connectivity index (χ3n) is 4.00. The number of carbonyl (C=O) groups is 1. The van der Waals surface area contributed by atoms with Crippen LogP contribution in [0.4, 0.5) is 5.82 Å². The van der Waals surface area contributed by atoms with Crippen molar-refractivity contribution in [3.05, 3.63) is 70.9 Å². The van der Waals surface area contributed by atoms with Gasteiger partial charge in [0.25, 0.3) is 0 Å². The Morgan fingerprint density at radius 2 is 1.84 bits per heavy atom. The van der Waals surface area contributed by atoms with Crippen LogP contribution in [0.25, 0.3) is 5.69 Å². The van der Waals surface area contributed by atoms with Crippen LogP contribution in [0.2, 0.25) is 0 Å². The molecule has 6 heteroatoms. The number of nitrogens with zero attached hydrogens (tertiary/aromatic N) is 4. The highest BCUT2D eigenvalue weighted by atomic mass is 16.4. The molecule has 0 saturated carbocycles. The summed E-state index contributed by atoms with van der Waals surface area (Å²) in [6.45, 7) is 4.48. The summed E-state index contributed by atoms with van der Waals surface area (Å²) in [4.78, 5) is 14.8. The molecule has 0 spiro atoms. The van der Waals surface area contributed by atoms with Gasteiger partial charge >= 0.3 is 5.97 Å². The number of hydrogen-bond acceptors (Lipinski definition) is 4. The van der Waals surface area contributed by atoms with Crippen LogP contribution in [0.1, 0.15) is 27.2 Å². The Kier molecular flexibility index (Phi) is 4.52. The van der Waals surface area contributed by atoms with Crippen molar-refractivity contribution in [3.63, 3.8) is 0 Å². The molecule has 1 N–H and O–H groups in total. The molecule has 0 atom stereocenters. The molecule has 0 bridgehead atoms. The van der Waals surface area contributed by atoms with E-state index in [1.54, 1.807) is 4.90 Å². The van der Waals surface area contributed by atoms with Gasteiger partial charge in [-0.2, -0.15) is 0 Å². The quantitative estimate of drug-likeness (QED) is 0.774. The molecule has 0 amide bonds. The molecular weight excluding hydrogens is 316 g/mol. The fraction of sp³-hybridized carbons (Fsp3) is 0.211. The molecule has 1 aromatic heterocycles. The highest BCUT2D eigenvalue weighted by molar-refractivity contribution is 5.91. The summed E-state index contributed by atoms with van der Waals surface area (Å²) in [5.74, 6) is -0.747. The molecule has 1 heterocycles. The van der Waals surface area contributed by atoms with Gasteiger partial charge < -0.3 is 10.0 Å². The lowest BCUT2D eigenvalue weighted by molar-refractivity contribution is 0.0690. The lowest BCUT2D eigenvalue weighted by Crippen LogP contribution is -2.19. The topological polar surface area (TPSA) is 71.2 Å². The van der Waals surface area contributed by atoms with E-state index in [9.17, 15) is 9.90 Å². The van der Waals surface area contributed by atoms with Gasteiger partial charge in [-0.15, -0.1) is 15.0 Å². The number of hydrogen-bond donors (Lipinski definition) is 1. The second-order valence-corrected chi connectivity index (χ2v) is 6.10. The lowest BCUT2D eigenvalue weighted by atomic mass is 10.1. The number of aromatic carboxylic acids is 1. The molecule has 3 aromatic rings. The molecule has 3 rings (SSSR count). The average molecular weight is 336 g/mol. The zero-order chi connectivity index (χ0) is 18.0. The lowest BCUT2D eigenvalue weighted by Gasteiger charge is -2.16. The molecule has 0 unspecified atom stereocenters. The minimum absolute atomic E-state index is 0.0562. The Balaban J connectivity index is 2.00. The van der Waals surface area contributed by atoms with Gasteiger partial charge in [-0.25, -0.2) is 4.79 Å². The maximum atomic E-state index is 11.6. The Labute approximate surface area is 146 Å². The van der Waals surface area contributed by atoms with E-state index in [-0.39, 0.29) is 5.69 Å². The summed E-state index contributed by atoms with van der Waals surface area (Å²) in [6.07, 6.45) is 0. The van der Waals surface area contributed by atoms with Gasteiger partial charge in [0, 0.05) is 13.6 Å². The van der Waals surface area contributed by atoms with E-state index in [2.05, 4.69) is 10.2 Å². The van der Waals surface area contributed by atoms with Crippen LogP contribution < -0.4 is 4.90 Å². The molecular formula is C19H20N4O2. The van der Waals surface area contributed by atoms with E-state index >= 15 is 0 Å². The van der Waals surface area contributed by atoms with Crippen LogP contribution in [-0.4, -0.2) is 33.1 Å². The number of carboxylic acid groups (broad SMARTS) is 1. The van der Waals surface area contributed by atoms with E-state index in [1.165, 1.54) is 4.80 Å². The smallest absolute Gasteiger partial charge is 0.360 e. The first kappa shape index (κ1) is 16.7. The van der Waals surface area contributed by atoms with Crippen LogP contribution in [0, 0.1) is 13.8 Å². The normalized spacial score (nSPS) is 10.7. The van der Waals surface area contributed by atoms with Crippen molar-refractivity contribution in [2.45, 2.75) is 20.4 Å². The van der Waals surface area contributed by atoms with Crippen LogP contribution in [0.15, 0.2) is 48.5 Å². The Morgan fingerprint density at radius 1 is 1.12 bits per heavy atom. The van der Waals surface area contributed by atoms with E-state index in [1.807, 2.05) is 69.4 Å². The SMILES string of the molecule is Cc1ccc(C)c(-n2nc(C(=O)O)c(N(C)Cc3ccccc3)n2)c1. The highest BCUT2D eigenvalue weighted by Crippen LogP contribution is 2.21. The van der Waals surface area contributed by atoms with Gasteiger partial charge in [0.1, 0.15) is 0 Å². The molecule has 2 aromatic carbocycles. The molecule has 0 radical (unpaired) electrons. The number of carboxylic acids is 1. The first-order chi connectivity index (χ1) is 12.0. The molecule has 25 heavy (non-hydrogen) atoms. The number of anilines is 1. The predicted octanol–water partition coefficient (Wildman–Crippen LogP) is 3.22. The van der Waals surface area contributed by atoms with Crippen molar-refractivity contribution in [1.82, 2.24) is 15.0 Å².